The van der Waals surface area contributed by atoms with Crippen LogP contribution in [0.25, 0.3) is 0 Å². The highest BCUT2D eigenvalue weighted by Crippen LogP contribution is 2.28. The van der Waals surface area contributed by atoms with Gasteiger partial charge in [-0.2, -0.15) is 0 Å². The van der Waals surface area contributed by atoms with E-state index in [0.29, 0.717) is 6.61 Å². The van der Waals surface area contributed by atoms with Crippen molar-refractivity contribution >= 4 is 0 Å². The van der Waals surface area contributed by atoms with Crippen LogP contribution in [0.2, 0.25) is 0 Å². The van der Waals surface area contributed by atoms with Gasteiger partial charge in [-0.05, 0) is 6.92 Å². The van der Waals surface area contributed by atoms with Gasteiger partial charge in [-0.3, -0.25) is 0 Å². The third-order valence-corrected chi connectivity index (χ3v) is 4.06. The highest BCUT2D eigenvalue weighted by Gasteiger charge is 2.43. The zero-order chi connectivity index (χ0) is 17.0. The lowest BCUT2D eigenvalue weighted by Gasteiger charge is -2.42. The molecule has 0 aromatic rings. The Labute approximate surface area is 134 Å². The van der Waals surface area contributed by atoms with Gasteiger partial charge in [-0.25, -0.2) is 0 Å². The van der Waals surface area contributed by atoms with Crippen LogP contribution in [0.15, 0.2) is 0 Å². The fourth-order valence-electron chi connectivity index (χ4n) is 2.85. The second kappa shape index (κ2) is 8.65. The molecule has 9 heteroatoms. The summed E-state index contributed by atoms with van der Waals surface area (Å²) in [6.45, 7) is 1.35. The van der Waals surface area contributed by atoms with E-state index in [1.807, 2.05) is 0 Å². The molecular weight excluding hydrogens is 312 g/mol. The number of hydrogen-bond donors (Lipinski definition) is 5. The topological polar surface area (TPSA) is 138 Å². The lowest BCUT2D eigenvalue weighted by molar-refractivity contribution is -0.320. The molecule has 2 heterocycles. The average molecular weight is 338 g/mol. The zero-order valence-corrected chi connectivity index (χ0v) is 13.0. The quantitative estimate of drug-likeness (QED) is 0.362. The van der Waals surface area contributed by atoms with Crippen molar-refractivity contribution in [2.45, 2.75) is 69.0 Å². The van der Waals surface area contributed by atoms with Crippen LogP contribution < -0.4 is 0 Å². The van der Waals surface area contributed by atoms with Gasteiger partial charge in [0.15, 0.2) is 12.6 Å². The first-order valence-corrected chi connectivity index (χ1v) is 7.84. The Kier molecular flexibility index (Phi) is 7.14. The summed E-state index contributed by atoms with van der Waals surface area (Å²) in [6, 6.07) is 0. The number of aliphatic hydroxyl groups is 5. The molecule has 2 rings (SSSR count). The average Bonchev–Trinajstić information content (AvgIpc) is 2.53. The van der Waals surface area contributed by atoms with Crippen LogP contribution in [-0.4, -0.2) is 94.6 Å². The van der Waals surface area contributed by atoms with Crippen LogP contribution in [-0.2, 0) is 18.9 Å². The minimum atomic E-state index is -1.21. The molecule has 0 aliphatic carbocycles. The molecule has 0 aromatic heterocycles. The minimum absolute atomic E-state index is 0.0199. The van der Waals surface area contributed by atoms with E-state index >= 15 is 0 Å². The van der Waals surface area contributed by atoms with Gasteiger partial charge in [0.1, 0.15) is 24.4 Å². The maximum atomic E-state index is 10.2. The van der Waals surface area contributed by atoms with Gasteiger partial charge in [0, 0.05) is 19.4 Å². The van der Waals surface area contributed by atoms with Gasteiger partial charge >= 0.3 is 0 Å². The van der Waals surface area contributed by atoms with Crippen molar-refractivity contribution in [2.75, 3.05) is 19.8 Å². The van der Waals surface area contributed by atoms with E-state index in [9.17, 15) is 20.4 Å². The number of ether oxygens (including phenoxy) is 4. The van der Waals surface area contributed by atoms with E-state index in [-0.39, 0.29) is 19.4 Å². The molecule has 4 unspecified atom stereocenters. The molecule has 5 N–H and O–H groups in total. The van der Waals surface area contributed by atoms with E-state index in [0.717, 1.165) is 0 Å². The number of rotatable bonds is 6. The summed E-state index contributed by atoms with van der Waals surface area (Å²) in [7, 11) is 0. The summed E-state index contributed by atoms with van der Waals surface area (Å²) >= 11 is 0. The summed E-state index contributed by atoms with van der Waals surface area (Å²) < 4.78 is 21.8. The summed E-state index contributed by atoms with van der Waals surface area (Å²) in [4.78, 5) is 0. The third kappa shape index (κ3) is 4.59. The van der Waals surface area contributed by atoms with E-state index < -0.39 is 55.8 Å². The molecule has 2 fully saturated rings. The Morgan fingerprint density at radius 1 is 0.913 bits per heavy atom. The Bertz CT molecular complexity index is 355. The summed E-state index contributed by atoms with van der Waals surface area (Å²) in [6.07, 6.45) is -7.33. The first kappa shape index (κ1) is 19.0. The lowest BCUT2D eigenvalue weighted by atomic mass is 10.00. The monoisotopic (exact) mass is 338 g/mol. The Morgan fingerprint density at radius 2 is 1.52 bits per heavy atom. The van der Waals surface area contributed by atoms with Crippen LogP contribution in [0, 0.1) is 0 Å². The summed E-state index contributed by atoms with van der Waals surface area (Å²) in [5.74, 6) is 0. The fraction of sp³-hybridized carbons (Fsp3) is 1.00. The van der Waals surface area contributed by atoms with Crippen LogP contribution in [0.3, 0.4) is 0 Å². The van der Waals surface area contributed by atoms with Crippen LogP contribution in [0.1, 0.15) is 19.8 Å². The first-order valence-electron chi connectivity index (χ1n) is 7.84. The molecule has 8 atom stereocenters. The molecule has 9 nitrogen and oxygen atoms in total. The smallest absolute Gasteiger partial charge is 0.161 e. The first-order chi connectivity index (χ1) is 11.0. The molecule has 0 saturated carbocycles. The standard InChI is InChI=1S/C14H26O9/c1-2-20-11-4-8(18)14(10(6-16)22-11)23-12-3-7(17)13(19)9(5-15)21-12/h7-19H,2-6H2,1H3/t7?,8?,9?,10-,11+,12-,13+,14?/m1/s1. The number of aliphatic hydroxyl groups excluding tert-OH is 5. The summed E-state index contributed by atoms with van der Waals surface area (Å²) in [5, 5.41) is 48.3. The lowest BCUT2D eigenvalue weighted by Crippen LogP contribution is -2.56. The van der Waals surface area contributed by atoms with Gasteiger partial charge in [0.05, 0.1) is 25.4 Å². The molecule has 136 valence electrons. The van der Waals surface area contributed by atoms with Gasteiger partial charge in [-0.15, -0.1) is 0 Å². The highest BCUT2D eigenvalue weighted by atomic mass is 16.7. The van der Waals surface area contributed by atoms with Gasteiger partial charge < -0.3 is 44.5 Å². The Hall–Kier alpha value is -0.360. The predicted octanol–water partition coefficient (Wildman–Crippen LogP) is -2.29. The van der Waals surface area contributed by atoms with Crippen molar-refractivity contribution in [2.24, 2.45) is 0 Å². The van der Waals surface area contributed by atoms with Crippen LogP contribution >= 0.6 is 0 Å². The molecular formula is C14H26O9. The van der Waals surface area contributed by atoms with Crippen molar-refractivity contribution < 1.29 is 44.5 Å². The van der Waals surface area contributed by atoms with Crippen LogP contribution in [0.4, 0.5) is 0 Å². The zero-order valence-electron chi connectivity index (χ0n) is 13.0. The van der Waals surface area contributed by atoms with E-state index in [1.54, 1.807) is 6.92 Å². The van der Waals surface area contributed by atoms with Crippen molar-refractivity contribution in [3.05, 3.63) is 0 Å². The molecule has 0 amide bonds. The van der Waals surface area contributed by atoms with Gasteiger partial charge in [0.25, 0.3) is 0 Å². The maximum Gasteiger partial charge on any atom is 0.161 e. The second-order valence-corrected chi connectivity index (χ2v) is 5.73. The van der Waals surface area contributed by atoms with Gasteiger partial charge in [0.2, 0.25) is 0 Å². The van der Waals surface area contributed by atoms with Crippen LogP contribution in [0.5, 0.6) is 0 Å². The molecule has 23 heavy (non-hydrogen) atoms. The Balaban J connectivity index is 1.97. The van der Waals surface area contributed by atoms with Crippen molar-refractivity contribution in [3.63, 3.8) is 0 Å². The van der Waals surface area contributed by atoms with Crippen molar-refractivity contribution in [1.29, 1.82) is 0 Å². The summed E-state index contributed by atoms with van der Waals surface area (Å²) in [5.41, 5.74) is 0. The minimum Gasteiger partial charge on any atom is -0.394 e. The van der Waals surface area contributed by atoms with E-state index in [4.69, 9.17) is 24.1 Å². The maximum absolute atomic E-state index is 10.2. The molecule has 0 bridgehead atoms. The number of hydrogen-bond acceptors (Lipinski definition) is 9. The predicted molar refractivity (Wildman–Crippen MR) is 75.2 cm³/mol. The Morgan fingerprint density at radius 3 is 2.13 bits per heavy atom. The molecule has 2 aliphatic rings. The normalized spacial score (nSPS) is 45.1. The fourth-order valence-corrected chi connectivity index (χ4v) is 2.85. The largest absolute Gasteiger partial charge is 0.394 e. The highest BCUT2D eigenvalue weighted by molar-refractivity contribution is 4.87. The van der Waals surface area contributed by atoms with Crippen molar-refractivity contribution in [3.8, 4) is 0 Å². The molecule has 2 saturated heterocycles. The van der Waals surface area contributed by atoms with Gasteiger partial charge in [-0.1, -0.05) is 0 Å². The van der Waals surface area contributed by atoms with Crippen molar-refractivity contribution in [1.82, 2.24) is 0 Å². The molecule has 0 spiro atoms. The molecule has 2 aliphatic heterocycles. The SMILES string of the molecule is CCO[C@@H]1CC(O)C(O[C@@H]2CC(O)[C@H](O)C(CO)O2)[C@@H](CO)O1. The third-order valence-electron chi connectivity index (χ3n) is 4.06. The molecule has 0 aromatic carbocycles. The van der Waals surface area contributed by atoms with E-state index in [1.165, 1.54) is 0 Å². The second-order valence-electron chi connectivity index (χ2n) is 5.73. The van der Waals surface area contributed by atoms with E-state index in [2.05, 4.69) is 0 Å². The molecule has 0 radical (unpaired) electrons.